The van der Waals surface area contributed by atoms with Crippen molar-refractivity contribution < 1.29 is 57.2 Å². The van der Waals surface area contributed by atoms with Crippen molar-refractivity contribution in [1.29, 1.82) is 0 Å². The number of carbonyl (C=O) groups excluding carboxylic acids is 6. The van der Waals surface area contributed by atoms with Gasteiger partial charge in [0, 0.05) is 66.8 Å². The van der Waals surface area contributed by atoms with Gasteiger partial charge >= 0.3 is 0 Å². The standard InChI is InChI=1S/2C30H24O6/c2*1-34-25-10-4-19(5-11-25)28(31)22-16-23(29(32)20-6-12-26(35-2)13-7-20)18-24(17-22)30(33)21-8-14-27(36-3)15-9-21/h2*4-18H,1-3H3. The molecule has 0 spiro atoms. The lowest BCUT2D eigenvalue weighted by Crippen LogP contribution is -2.10. The van der Waals surface area contributed by atoms with Crippen molar-refractivity contribution in [1.82, 2.24) is 0 Å². The van der Waals surface area contributed by atoms with E-state index in [1.165, 1.54) is 36.4 Å². The van der Waals surface area contributed by atoms with Crippen LogP contribution in [0.2, 0.25) is 0 Å². The minimum atomic E-state index is -0.314. The van der Waals surface area contributed by atoms with Gasteiger partial charge < -0.3 is 28.4 Å². The van der Waals surface area contributed by atoms with Crippen LogP contribution in [-0.4, -0.2) is 77.4 Å². The molecule has 0 aromatic heterocycles. The molecule has 0 aliphatic heterocycles. The number of benzene rings is 8. The summed E-state index contributed by atoms with van der Waals surface area (Å²) in [7, 11) is 9.26. The maximum absolute atomic E-state index is 13.3. The highest BCUT2D eigenvalue weighted by Crippen LogP contribution is 2.26. The van der Waals surface area contributed by atoms with Crippen LogP contribution in [-0.2, 0) is 0 Å². The lowest BCUT2D eigenvalue weighted by molar-refractivity contribution is 0.101. The van der Waals surface area contributed by atoms with Gasteiger partial charge in [0.05, 0.1) is 42.7 Å². The second kappa shape index (κ2) is 23.3. The smallest absolute Gasteiger partial charge is 0.193 e. The van der Waals surface area contributed by atoms with E-state index in [4.69, 9.17) is 28.4 Å². The monoisotopic (exact) mass is 960 g/mol. The zero-order valence-corrected chi connectivity index (χ0v) is 40.2. The highest BCUT2D eigenvalue weighted by molar-refractivity contribution is 6.18. The van der Waals surface area contributed by atoms with Gasteiger partial charge in [-0.05, 0) is 182 Å². The molecule has 0 saturated heterocycles. The number of hydrogen-bond acceptors (Lipinski definition) is 12. The fraction of sp³-hybridized carbons (Fsp3) is 0.100. The van der Waals surface area contributed by atoms with Crippen LogP contribution in [0.15, 0.2) is 182 Å². The molecule has 8 rings (SSSR count). The van der Waals surface area contributed by atoms with Crippen LogP contribution in [0.25, 0.3) is 0 Å². The Morgan fingerprint density at radius 3 is 0.403 bits per heavy atom. The zero-order chi connectivity index (χ0) is 51.3. The van der Waals surface area contributed by atoms with Gasteiger partial charge in [-0.1, -0.05) is 0 Å². The number of carbonyl (C=O) groups is 6. The van der Waals surface area contributed by atoms with E-state index >= 15 is 0 Å². The Labute approximate surface area is 416 Å². The van der Waals surface area contributed by atoms with Gasteiger partial charge in [0.25, 0.3) is 0 Å². The van der Waals surface area contributed by atoms with Crippen LogP contribution in [0.4, 0.5) is 0 Å². The van der Waals surface area contributed by atoms with Gasteiger partial charge in [0.2, 0.25) is 0 Å². The molecule has 0 fully saturated rings. The molecule has 0 bridgehead atoms. The first-order valence-electron chi connectivity index (χ1n) is 22.3. The van der Waals surface area contributed by atoms with E-state index in [0.29, 0.717) is 67.9 Å². The van der Waals surface area contributed by atoms with E-state index in [9.17, 15) is 28.8 Å². The average Bonchev–Trinajstić information content (AvgIpc) is 3.45. The summed E-state index contributed by atoms with van der Waals surface area (Å²) in [6.07, 6.45) is 0. The third-order valence-electron chi connectivity index (χ3n) is 11.6. The van der Waals surface area contributed by atoms with Crippen LogP contribution in [0.5, 0.6) is 34.5 Å². The van der Waals surface area contributed by atoms with Gasteiger partial charge in [-0.2, -0.15) is 0 Å². The van der Waals surface area contributed by atoms with Crippen molar-refractivity contribution in [2.75, 3.05) is 42.7 Å². The first-order chi connectivity index (χ1) is 34.9. The van der Waals surface area contributed by atoms with Gasteiger partial charge in [-0.3, -0.25) is 28.8 Å². The summed E-state index contributed by atoms with van der Waals surface area (Å²) in [6, 6.07) is 49.0. The highest BCUT2D eigenvalue weighted by Gasteiger charge is 2.22. The van der Waals surface area contributed by atoms with Crippen molar-refractivity contribution in [3.05, 3.63) is 249 Å². The minimum absolute atomic E-state index is 0.233. The molecule has 72 heavy (non-hydrogen) atoms. The maximum Gasteiger partial charge on any atom is 0.193 e. The Bertz CT molecular complexity index is 2650. The molecule has 0 aliphatic rings. The number of rotatable bonds is 18. The Morgan fingerprint density at radius 1 is 0.194 bits per heavy atom. The quantitative estimate of drug-likeness (QED) is 0.0751. The number of hydrogen-bond donors (Lipinski definition) is 0. The zero-order valence-electron chi connectivity index (χ0n) is 40.2. The largest absolute Gasteiger partial charge is 0.497 e. The molecule has 0 unspecified atom stereocenters. The number of ketones is 6. The highest BCUT2D eigenvalue weighted by atomic mass is 16.5. The molecule has 8 aromatic rings. The molecule has 0 N–H and O–H groups in total. The second-order valence-electron chi connectivity index (χ2n) is 15.9. The second-order valence-corrected chi connectivity index (χ2v) is 15.9. The summed E-state index contributed by atoms with van der Waals surface area (Å²) in [5.41, 5.74) is 3.86. The molecule has 12 nitrogen and oxygen atoms in total. The summed E-state index contributed by atoms with van der Waals surface area (Å²) in [4.78, 5) is 80.0. The predicted octanol–water partition coefficient (Wildman–Crippen LogP) is 10.8. The van der Waals surface area contributed by atoms with Crippen molar-refractivity contribution in [3.8, 4) is 34.5 Å². The van der Waals surface area contributed by atoms with Gasteiger partial charge in [0.15, 0.2) is 34.7 Å². The molecule has 8 aromatic carbocycles. The molecule has 12 heteroatoms. The van der Waals surface area contributed by atoms with Crippen LogP contribution in [0.1, 0.15) is 95.5 Å². The Hall–Kier alpha value is -9.42. The molecule has 0 aliphatic carbocycles. The summed E-state index contributed by atoms with van der Waals surface area (Å²) in [6.45, 7) is 0. The summed E-state index contributed by atoms with van der Waals surface area (Å²) < 4.78 is 31.0. The van der Waals surface area contributed by atoms with Crippen molar-refractivity contribution in [3.63, 3.8) is 0 Å². The van der Waals surface area contributed by atoms with Crippen molar-refractivity contribution >= 4 is 34.7 Å². The summed E-state index contributed by atoms with van der Waals surface area (Å²) in [5.74, 6) is 1.81. The fourth-order valence-corrected chi connectivity index (χ4v) is 7.50. The van der Waals surface area contributed by atoms with E-state index in [2.05, 4.69) is 0 Å². The third kappa shape index (κ3) is 11.9. The maximum atomic E-state index is 13.3. The van der Waals surface area contributed by atoms with Crippen LogP contribution in [0.3, 0.4) is 0 Å². The van der Waals surface area contributed by atoms with E-state index in [1.54, 1.807) is 188 Å². The molecule has 360 valence electrons. The lowest BCUT2D eigenvalue weighted by atomic mass is 9.92. The van der Waals surface area contributed by atoms with E-state index < -0.39 is 0 Å². The van der Waals surface area contributed by atoms with E-state index in [1.807, 2.05) is 0 Å². The number of methoxy groups -OCH3 is 6. The molecule has 0 radical (unpaired) electrons. The first-order valence-corrected chi connectivity index (χ1v) is 22.3. The van der Waals surface area contributed by atoms with Crippen LogP contribution in [0, 0.1) is 0 Å². The van der Waals surface area contributed by atoms with Gasteiger partial charge in [-0.15, -0.1) is 0 Å². The molecule has 0 heterocycles. The molecular formula is C60H48O12. The SMILES string of the molecule is COc1ccc(C(=O)c2cc(C(=O)c3ccc(OC)cc3)cc(C(=O)c3ccc(OC)cc3)c2)cc1.COc1ccc(C(=O)c2cc(C(=O)c3ccc(OC)cc3)cc(C(=O)c3ccc(OC)cc3)c2)cc1. The predicted molar refractivity (Wildman–Crippen MR) is 271 cm³/mol. The van der Waals surface area contributed by atoms with Crippen molar-refractivity contribution in [2.45, 2.75) is 0 Å². The summed E-state index contributed by atoms with van der Waals surface area (Å²) in [5, 5.41) is 0. The third-order valence-corrected chi connectivity index (χ3v) is 11.6. The molecule has 0 saturated carbocycles. The van der Waals surface area contributed by atoms with Crippen LogP contribution < -0.4 is 28.4 Å². The van der Waals surface area contributed by atoms with E-state index in [-0.39, 0.29) is 68.1 Å². The van der Waals surface area contributed by atoms with Gasteiger partial charge in [0.1, 0.15) is 34.5 Å². The molecule has 0 atom stereocenters. The van der Waals surface area contributed by atoms with Gasteiger partial charge in [-0.25, -0.2) is 0 Å². The minimum Gasteiger partial charge on any atom is -0.497 e. The van der Waals surface area contributed by atoms with Crippen molar-refractivity contribution in [2.24, 2.45) is 0 Å². The Kier molecular flexibility index (Phi) is 16.3. The Balaban J connectivity index is 0.000000211. The van der Waals surface area contributed by atoms with E-state index in [0.717, 1.165) is 0 Å². The first kappa shape index (κ1) is 50.5. The van der Waals surface area contributed by atoms with Crippen LogP contribution >= 0.6 is 0 Å². The molecule has 0 amide bonds. The lowest BCUT2D eigenvalue weighted by Gasteiger charge is -2.10. The fourth-order valence-electron chi connectivity index (χ4n) is 7.50. The Morgan fingerprint density at radius 2 is 0.306 bits per heavy atom. The average molecular weight is 961 g/mol. The number of ether oxygens (including phenoxy) is 6. The summed E-state index contributed by atoms with van der Waals surface area (Å²) >= 11 is 0. The molecular weight excluding hydrogens is 913 g/mol. The normalized spacial score (nSPS) is 10.4. The topological polar surface area (TPSA) is 158 Å².